The Morgan fingerprint density at radius 2 is 1.72 bits per heavy atom. The van der Waals surface area contributed by atoms with Crippen LogP contribution in [0.15, 0.2) is 0 Å². The number of hydrogen-bond donors (Lipinski definition) is 1. The molecule has 0 aliphatic heterocycles. The van der Waals surface area contributed by atoms with Gasteiger partial charge in [0, 0.05) is 47.0 Å². The smallest absolute Gasteiger partial charge is 0.377 e. The third-order valence-electron chi connectivity index (χ3n) is 2.64. The summed E-state index contributed by atoms with van der Waals surface area (Å²) in [5, 5.41) is 2.51. The summed E-state index contributed by atoms with van der Waals surface area (Å²) in [6, 6.07) is 0.641. The fourth-order valence-corrected chi connectivity index (χ4v) is 3.24. The first-order chi connectivity index (χ1) is 8.67. The summed E-state index contributed by atoms with van der Waals surface area (Å²) in [6.07, 6.45) is 2.10. The predicted octanol–water partition coefficient (Wildman–Crippen LogP) is -0.541. The number of amides is 2. The second-order valence-electron chi connectivity index (χ2n) is 3.61. The first-order valence-electron chi connectivity index (χ1n) is 5.69. The van der Waals surface area contributed by atoms with Gasteiger partial charge in [-0.1, -0.05) is 0 Å². The largest absolute Gasteiger partial charge is 0.500 e. The number of carbonyl (C=O) groups excluding carboxylic acids is 2. The van der Waals surface area contributed by atoms with E-state index in [0.29, 0.717) is 32.1 Å². The van der Waals surface area contributed by atoms with E-state index < -0.39 is 8.80 Å². The number of carbonyl (C=O) groups is 2. The molecule has 0 aliphatic carbocycles. The second-order valence-corrected chi connectivity index (χ2v) is 6.70. The molecule has 0 bridgehead atoms. The maximum Gasteiger partial charge on any atom is 0.500 e. The molecule has 8 heteroatoms. The molecule has 0 heterocycles. The third kappa shape index (κ3) is 6.10. The van der Waals surface area contributed by atoms with E-state index in [-0.39, 0.29) is 0 Å². The Morgan fingerprint density at radius 3 is 2.17 bits per heavy atom. The minimum Gasteiger partial charge on any atom is -0.377 e. The van der Waals surface area contributed by atoms with E-state index >= 15 is 0 Å². The SMILES string of the molecule is CO[Si](CCCN(C=O)CCNC=O)(OC)OC. The zero-order valence-corrected chi connectivity index (χ0v) is 12.2. The van der Waals surface area contributed by atoms with Gasteiger partial charge in [0.25, 0.3) is 0 Å². The average Bonchev–Trinajstić information content (AvgIpc) is 2.42. The van der Waals surface area contributed by atoms with Crippen LogP contribution in [0, 0.1) is 0 Å². The van der Waals surface area contributed by atoms with Crippen LogP contribution in [-0.2, 0) is 22.9 Å². The molecule has 0 atom stereocenters. The van der Waals surface area contributed by atoms with Gasteiger partial charge in [-0.3, -0.25) is 9.59 Å². The van der Waals surface area contributed by atoms with Gasteiger partial charge >= 0.3 is 8.80 Å². The van der Waals surface area contributed by atoms with Crippen LogP contribution in [0.4, 0.5) is 0 Å². The Bertz CT molecular complexity index is 230. The van der Waals surface area contributed by atoms with Gasteiger partial charge in [0.1, 0.15) is 0 Å². The molecule has 0 radical (unpaired) electrons. The van der Waals surface area contributed by atoms with Gasteiger partial charge in [0.2, 0.25) is 12.8 Å². The zero-order chi connectivity index (χ0) is 13.9. The lowest BCUT2D eigenvalue weighted by Gasteiger charge is -2.25. The summed E-state index contributed by atoms with van der Waals surface area (Å²) in [4.78, 5) is 22.5. The molecule has 0 spiro atoms. The van der Waals surface area contributed by atoms with Gasteiger partial charge in [0.05, 0.1) is 0 Å². The van der Waals surface area contributed by atoms with E-state index in [1.54, 1.807) is 26.2 Å². The Hall–Kier alpha value is -0.963. The number of rotatable bonds is 12. The van der Waals surface area contributed by atoms with Gasteiger partial charge in [0.15, 0.2) is 0 Å². The van der Waals surface area contributed by atoms with Crippen LogP contribution in [0.1, 0.15) is 6.42 Å². The summed E-state index contributed by atoms with van der Waals surface area (Å²) in [5.74, 6) is 0. The molecular formula is C10H22N2O5Si. The highest BCUT2D eigenvalue weighted by molar-refractivity contribution is 6.60. The van der Waals surface area contributed by atoms with Crippen molar-refractivity contribution in [1.29, 1.82) is 0 Å². The molecule has 0 fully saturated rings. The van der Waals surface area contributed by atoms with Crippen LogP contribution in [0.2, 0.25) is 6.04 Å². The first kappa shape index (κ1) is 17.0. The molecule has 18 heavy (non-hydrogen) atoms. The predicted molar refractivity (Wildman–Crippen MR) is 67.9 cm³/mol. The van der Waals surface area contributed by atoms with Crippen LogP contribution < -0.4 is 5.32 Å². The van der Waals surface area contributed by atoms with Gasteiger partial charge < -0.3 is 23.5 Å². The number of nitrogens with zero attached hydrogens (tertiary/aromatic N) is 1. The van der Waals surface area contributed by atoms with Gasteiger partial charge in [-0.15, -0.1) is 0 Å². The zero-order valence-electron chi connectivity index (χ0n) is 11.2. The highest BCUT2D eigenvalue weighted by atomic mass is 28.4. The molecule has 0 aromatic rings. The molecule has 0 aromatic carbocycles. The molecule has 0 aromatic heterocycles. The maximum absolute atomic E-state index is 10.8. The van der Waals surface area contributed by atoms with Gasteiger partial charge in [-0.2, -0.15) is 0 Å². The molecule has 106 valence electrons. The minimum absolute atomic E-state index is 0.448. The standard InChI is InChI=1S/C10H22N2O5Si/c1-15-18(16-2,17-3)8-4-6-12(10-14)7-5-11-9-13/h9-10H,4-8H2,1-3H3,(H,11,13). The molecule has 7 nitrogen and oxygen atoms in total. The molecule has 0 saturated heterocycles. The van der Waals surface area contributed by atoms with Crippen molar-refractivity contribution in [2.24, 2.45) is 0 Å². The van der Waals surface area contributed by atoms with E-state index in [0.717, 1.165) is 12.8 Å². The normalized spacial score (nSPS) is 11.1. The fraction of sp³-hybridized carbons (Fsp3) is 0.800. The van der Waals surface area contributed by atoms with Crippen molar-refractivity contribution in [3.63, 3.8) is 0 Å². The highest BCUT2D eigenvalue weighted by Crippen LogP contribution is 2.14. The summed E-state index contributed by atoms with van der Waals surface area (Å²) in [6.45, 7) is 1.52. The number of nitrogens with one attached hydrogen (secondary N) is 1. The molecular weight excluding hydrogens is 256 g/mol. The molecule has 0 unspecified atom stereocenters. The van der Waals surface area contributed by atoms with Crippen LogP contribution in [0.3, 0.4) is 0 Å². The van der Waals surface area contributed by atoms with Crippen molar-refractivity contribution in [2.75, 3.05) is 41.0 Å². The Labute approximate surface area is 109 Å². The Kier molecular flexibility index (Phi) is 9.47. The Morgan fingerprint density at radius 1 is 1.11 bits per heavy atom. The fourth-order valence-electron chi connectivity index (χ4n) is 1.54. The van der Waals surface area contributed by atoms with E-state index in [4.69, 9.17) is 13.3 Å². The first-order valence-corrected chi connectivity index (χ1v) is 7.63. The lowest BCUT2D eigenvalue weighted by molar-refractivity contribution is -0.118. The second kappa shape index (κ2) is 10.0. The van der Waals surface area contributed by atoms with Crippen LogP contribution >= 0.6 is 0 Å². The van der Waals surface area contributed by atoms with Gasteiger partial charge in [-0.25, -0.2) is 0 Å². The molecule has 0 rings (SSSR count). The minimum atomic E-state index is -2.55. The molecule has 2 amide bonds. The molecule has 0 aliphatic rings. The van der Waals surface area contributed by atoms with Crippen molar-refractivity contribution in [2.45, 2.75) is 12.5 Å². The third-order valence-corrected chi connectivity index (χ3v) is 5.47. The summed E-state index contributed by atoms with van der Waals surface area (Å²) in [7, 11) is 2.13. The summed E-state index contributed by atoms with van der Waals surface area (Å²) >= 11 is 0. The summed E-state index contributed by atoms with van der Waals surface area (Å²) in [5.41, 5.74) is 0. The van der Waals surface area contributed by atoms with E-state index in [2.05, 4.69) is 5.32 Å². The van der Waals surface area contributed by atoms with Crippen molar-refractivity contribution < 1.29 is 22.9 Å². The van der Waals surface area contributed by atoms with E-state index in [1.165, 1.54) is 0 Å². The monoisotopic (exact) mass is 278 g/mol. The Balaban J connectivity index is 3.97. The quantitative estimate of drug-likeness (QED) is 0.295. The summed E-state index contributed by atoms with van der Waals surface area (Å²) < 4.78 is 15.8. The van der Waals surface area contributed by atoms with Gasteiger partial charge in [-0.05, 0) is 6.42 Å². The van der Waals surface area contributed by atoms with Crippen molar-refractivity contribution in [1.82, 2.24) is 10.2 Å². The van der Waals surface area contributed by atoms with Crippen molar-refractivity contribution in [3.8, 4) is 0 Å². The van der Waals surface area contributed by atoms with E-state index in [1.807, 2.05) is 0 Å². The van der Waals surface area contributed by atoms with Crippen molar-refractivity contribution >= 4 is 21.6 Å². The van der Waals surface area contributed by atoms with Crippen molar-refractivity contribution in [3.05, 3.63) is 0 Å². The topological polar surface area (TPSA) is 77.1 Å². The van der Waals surface area contributed by atoms with Crippen LogP contribution in [0.25, 0.3) is 0 Å². The lowest BCUT2D eigenvalue weighted by atomic mass is 10.4. The lowest BCUT2D eigenvalue weighted by Crippen LogP contribution is -2.43. The average molecular weight is 278 g/mol. The molecule has 0 saturated carbocycles. The van der Waals surface area contributed by atoms with E-state index in [9.17, 15) is 9.59 Å². The highest BCUT2D eigenvalue weighted by Gasteiger charge is 2.36. The number of hydrogen-bond acceptors (Lipinski definition) is 5. The maximum atomic E-state index is 10.8. The van der Waals surface area contributed by atoms with Crippen LogP contribution in [0.5, 0.6) is 0 Å². The van der Waals surface area contributed by atoms with Crippen LogP contribution in [-0.4, -0.2) is 67.5 Å². The molecule has 1 N–H and O–H groups in total.